The van der Waals surface area contributed by atoms with Crippen LogP contribution in [0.2, 0.25) is 0 Å². The first-order valence-electron chi connectivity index (χ1n) is 7.46. The van der Waals surface area contributed by atoms with Gasteiger partial charge in [0.05, 0.1) is 18.0 Å². The number of nitrogens with two attached hydrogens (primary N) is 1. The van der Waals surface area contributed by atoms with Gasteiger partial charge >= 0.3 is 0 Å². The van der Waals surface area contributed by atoms with Crippen molar-refractivity contribution in [2.75, 3.05) is 26.8 Å². The Bertz CT molecular complexity index is 604. The minimum absolute atomic E-state index is 0. The fraction of sp³-hybridized carbons (Fsp3) is 0.533. The van der Waals surface area contributed by atoms with Crippen LogP contribution in [0.15, 0.2) is 34.2 Å². The molecule has 0 aliphatic heterocycles. The number of hydrogen-bond acceptors (Lipinski definition) is 4. The smallest absolute Gasteiger partial charge is 0.240 e. The Hall–Kier alpha value is -0.910. The van der Waals surface area contributed by atoms with Crippen molar-refractivity contribution in [1.82, 2.24) is 10.0 Å². The predicted molar refractivity (Wildman–Crippen MR) is 107 cm³/mol. The van der Waals surface area contributed by atoms with Gasteiger partial charge in [-0.1, -0.05) is 26.0 Å². The topological polar surface area (TPSA) is 106 Å². The number of sulfonamides is 1. The number of ether oxygens (including phenoxy) is 1. The first-order chi connectivity index (χ1) is 10.8. The summed E-state index contributed by atoms with van der Waals surface area (Å²) >= 11 is 0. The molecule has 0 radical (unpaired) electrons. The van der Waals surface area contributed by atoms with Crippen molar-refractivity contribution in [3.05, 3.63) is 29.8 Å². The number of rotatable bonds is 9. The third-order valence-electron chi connectivity index (χ3n) is 2.96. The van der Waals surface area contributed by atoms with E-state index in [1.165, 1.54) is 0 Å². The van der Waals surface area contributed by atoms with Crippen molar-refractivity contribution in [3.63, 3.8) is 0 Å². The minimum atomic E-state index is -3.46. The molecule has 7 nitrogen and oxygen atoms in total. The molecule has 0 heterocycles. The number of benzene rings is 1. The van der Waals surface area contributed by atoms with Crippen LogP contribution in [-0.4, -0.2) is 41.2 Å². The summed E-state index contributed by atoms with van der Waals surface area (Å²) in [6.07, 6.45) is 0. The van der Waals surface area contributed by atoms with Crippen molar-refractivity contribution in [2.45, 2.75) is 25.3 Å². The first kappa shape index (κ1) is 23.1. The van der Waals surface area contributed by atoms with Crippen molar-refractivity contribution < 1.29 is 13.2 Å². The molecule has 24 heavy (non-hydrogen) atoms. The summed E-state index contributed by atoms with van der Waals surface area (Å²) in [5.41, 5.74) is 6.59. The molecule has 0 saturated heterocycles. The van der Waals surface area contributed by atoms with Gasteiger partial charge in [0.1, 0.15) is 0 Å². The number of halogens is 1. The maximum absolute atomic E-state index is 12.1. The summed E-state index contributed by atoms with van der Waals surface area (Å²) in [6.45, 7) is 5.84. The minimum Gasteiger partial charge on any atom is -0.383 e. The number of nitrogens with one attached hydrogen (secondary N) is 2. The molecule has 0 aromatic heterocycles. The SMILES string of the molecule is COCCNC(N)=NCc1ccc(S(=O)(=O)NCC(C)C)cc1.I. The maximum Gasteiger partial charge on any atom is 0.240 e. The van der Waals surface area contributed by atoms with Crippen molar-refractivity contribution >= 4 is 40.0 Å². The summed E-state index contributed by atoms with van der Waals surface area (Å²) in [5.74, 6) is 0.587. The summed E-state index contributed by atoms with van der Waals surface area (Å²) in [7, 11) is -1.84. The molecular weight excluding hydrogens is 443 g/mol. The van der Waals surface area contributed by atoms with Gasteiger partial charge in [-0.25, -0.2) is 18.1 Å². The monoisotopic (exact) mass is 470 g/mol. The van der Waals surface area contributed by atoms with E-state index in [1.807, 2.05) is 13.8 Å². The summed E-state index contributed by atoms with van der Waals surface area (Å²) < 4.78 is 31.6. The fourth-order valence-electron chi connectivity index (χ4n) is 1.65. The van der Waals surface area contributed by atoms with Crippen LogP contribution in [0, 0.1) is 5.92 Å². The lowest BCUT2D eigenvalue weighted by atomic mass is 10.2. The molecule has 0 atom stereocenters. The highest BCUT2D eigenvalue weighted by Crippen LogP contribution is 2.11. The van der Waals surface area contributed by atoms with E-state index in [2.05, 4.69) is 15.0 Å². The van der Waals surface area contributed by atoms with Gasteiger partial charge in [-0.2, -0.15) is 0 Å². The van der Waals surface area contributed by atoms with Gasteiger partial charge in [0.25, 0.3) is 0 Å². The Balaban J connectivity index is 0.00000529. The molecule has 0 spiro atoms. The molecule has 0 amide bonds. The molecule has 9 heteroatoms. The maximum atomic E-state index is 12.1. The normalized spacial score (nSPS) is 12.1. The van der Waals surface area contributed by atoms with Gasteiger partial charge in [-0.05, 0) is 23.6 Å². The zero-order valence-corrected chi connectivity index (χ0v) is 17.4. The van der Waals surface area contributed by atoms with Crippen LogP contribution < -0.4 is 15.8 Å². The lowest BCUT2D eigenvalue weighted by Crippen LogP contribution is -2.34. The molecule has 4 N–H and O–H groups in total. The number of hydrogen-bond donors (Lipinski definition) is 3. The number of methoxy groups -OCH3 is 1. The van der Waals surface area contributed by atoms with Crippen LogP contribution in [0.3, 0.4) is 0 Å². The highest BCUT2D eigenvalue weighted by atomic mass is 127. The second kappa shape index (κ2) is 11.6. The first-order valence-corrected chi connectivity index (χ1v) is 8.95. The lowest BCUT2D eigenvalue weighted by Gasteiger charge is -2.09. The van der Waals surface area contributed by atoms with Crippen LogP contribution in [0.1, 0.15) is 19.4 Å². The third kappa shape index (κ3) is 8.81. The van der Waals surface area contributed by atoms with Crippen LogP contribution in [0.25, 0.3) is 0 Å². The molecular formula is C15H27IN4O3S. The Kier molecular flexibility index (Phi) is 11.2. The lowest BCUT2D eigenvalue weighted by molar-refractivity contribution is 0.204. The van der Waals surface area contributed by atoms with Crippen molar-refractivity contribution in [1.29, 1.82) is 0 Å². The third-order valence-corrected chi connectivity index (χ3v) is 4.40. The van der Waals surface area contributed by atoms with Gasteiger partial charge in [0, 0.05) is 20.2 Å². The molecule has 0 aliphatic carbocycles. The Morgan fingerprint density at radius 3 is 2.46 bits per heavy atom. The zero-order chi connectivity index (χ0) is 17.3. The Morgan fingerprint density at radius 2 is 1.92 bits per heavy atom. The Labute approximate surface area is 161 Å². The van der Waals surface area contributed by atoms with Crippen LogP contribution in [0.5, 0.6) is 0 Å². The van der Waals surface area contributed by atoms with Gasteiger partial charge < -0.3 is 15.8 Å². The average Bonchev–Trinajstić information content (AvgIpc) is 2.52. The quantitative estimate of drug-likeness (QED) is 0.218. The van der Waals surface area contributed by atoms with Crippen LogP contribution >= 0.6 is 24.0 Å². The molecule has 1 aromatic rings. The molecule has 0 aliphatic rings. The predicted octanol–water partition coefficient (Wildman–Crippen LogP) is 1.29. The van der Waals surface area contributed by atoms with Crippen LogP contribution in [0.4, 0.5) is 0 Å². The van der Waals surface area contributed by atoms with E-state index in [9.17, 15) is 8.42 Å². The van der Waals surface area contributed by atoms with E-state index < -0.39 is 10.0 Å². The molecule has 1 rings (SSSR count). The molecule has 0 bridgehead atoms. The second-order valence-electron chi connectivity index (χ2n) is 5.51. The zero-order valence-electron chi connectivity index (χ0n) is 14.3. The van der Waals surface area contributed by atoms with E-state index in [0.29, 0.717) is 32.2 Å². The number of guanidine groups is 1. The second-order valence-corrected chi connectivity index (χ2v) is 7.28. The van der Waals surface area contributed by atoms with E-state index in [4.69, 9.17) is 10.5 Å². The molecule has 0 unspecified atom stereocenters. The Morgan fingerprint density at radius 1 is 1.29 bits per heavy atom. The summed E-state index contributed by atoms with van der Waals surface area (Å²) in [5, 5.41) is 2.91. The summed E-state index contributed by atoms with van der Waals surface area (Å²) in [4.78, 5) is 4.43. The van der Waals surface area contributed by atoms with Crippen molar-refractivity contribution in [2.24, 2.45) is 16.6 Å². The fourth-order valence-corrected chi connectivity index (χ4v) is 2.86. The largest absolute Gasteiger partial charge is 0.383 e. The van der Waals surface area contributed by atoms with E-state index in [-0.39, 0.29) is 34.8 Å². The molecule has 138 valence electrons. The van der Waals surface area contributed by atoms with Crippen LogP contribution in [-0.2, 0) is 21.3 Å². The van der Waals surface area contributed by atoms with Gasteiger partial charge in [-0.3, -0.25) is 0 Å². The molecule has 1 aromatic carbocycles. The van der Waals surface area contributed by atoms with Gasteiger partial charge in [0.15, 0.2) is 5.96 Å². The standard InChI is InChI=1S/C15H26N4O3S.HI/c1-12(2)10-19-23(20,21)14-6-4-13(5-7-14)11-18-15(16)17-8-9-22-3;/h4-7,12,19H,8-11H2,1-3H3,(H3,16,17,18);1H. The highest BCUT2D eigenvalue weighted by molar-refractivity contribution is 14.0. The summed E-state index contributed by atoms with van der Waals surface area (Å²) in [6, 6.07) is 6.61. The van der Waals surface area contributed by atoms with Gasteiger partial charge in [0.2, 0.25) is 10.0 Å². The molecule has 0 fully saturated rings. The van der Waals surface area contributed by atoms with Crippen molar-refractivity contribution in [3.8, 4) is 0 Å². The van der Waals surface area contributed by atoms with E-state index in [0.717, 1.165) is 5.56 Å². The van der Waals surface area contributed by atoms with Gasteiger partial charge in [-0.15, -0.1) is 24.0 Å². The number of aliphatic imine (C=N–C) groups is 1. The molecule has 0 saturated carbocycles. The van der Waals surface area contributed by atoms with E-state index in [1.54, 1.807) is 31.4 Å². The van der Waals surface area contributed by atoms with E-state index >= 15 is 0 Å². The number of nitrogens with zero attached hydrogens (tertiary/aromatic N) is 1. The average molecular weight is 470 g/mol. The highest BCUT2D eigenvalue weighted by Gasteiger charge is 2.13.